The van der Waals surface area contributed by atoms with Crippen molar-refractivity contribution in [3.8, 4) is 0 Å². The van der Waals surface area contributed by atoms with Gasteiger partial charge in [0.05, 0.1) is 30.7 Å². The second-order valence-corrected chi connectivity index (χ2v) is 6.52. The Hall–Kier alpha value is -2.42. The van der Waals surface area contributed by atoms with Crippen LogP contribution in [0.4, 0.5) is 24.9 Å². The van der Waals surface area contributed by atoms with E-state index in [1.807, 2.05) is 4.90 Å². The van der Waals surface area contributed by atoms with E-state index in [1.165, 1.54) is 12.3 Å². The fourth-order valence-corrected chi connectivity index (χ4v) is 3.39. The van der Waals surface area contributed by atoms with E-state index in [9.17, 15) is 13.2 Å². The molecule has 0 amide bonds. The smallest absolute Gasteiger partial charge is 0.378 e. The Labute approximate surface area is 155 Å². The van der Waals surface area contributed by atoms with E-state index in [1.54, 1.807) is 4.90 Å². The summed E-state index contributed by atoms with van der Waals surface area (Å²) in [7, 11) is 0. The molecule has 143 valence electrons. The van der Waals surface area contributed by atoms with Crippen LogP contribution in [0.1, 0.15) is 16.8 Å². The molecule has 27 heavy (non-hydrogen) atoms. The SMILES string of the molecule is FC(F)(F)c1cccnc1N1CCc2[c]nc(N3CCOCC3)nc2CC1. The highest BCUT2D eigenvalue weighted by Gasteiger charge is 2.36. The van der Waals surface area contributed by atoms with Crippen LogP contribution in [0.5, 0.6) is 0 Å². The van der Waals surface area contributed by atoms with E-state index in [0.717, 1.165) is 30.4 Å². The molecular weight excluding hydrogens is 359 g/mol. The van der Waals surface area contributed by atoms with Gasteiger partial charge in [-0.3, -0.25) is 0 Å². The van der Waals surface area contributed by atoms with Crippen LogP contribution in [0.25, 0.3) is 0 Å². The molecule has 0 spiro atoms. The molecule has 9 heteroatoms. The highest BCUT2D eigenvalue weighted by molar-refractivity contribution is 5.49. The van der Waals surface area contributed by atoms with Gasteiger partial charge in [-0.05, 0) is 18.6 Å². The third kappa shape index (κ3) is 3.83. The van der Waals surface area contributed by atoms with Crippen LogP contribution >= 0.6 is 0 Å². The zero-order chi connectivity index (χ0) is 18.9. The predicted molar refractivity (Wildman–Crippen MR) is 92.8 cm³/mol. The molecule has 0 saturated carbocycles. The van der Waals surface area contributed by atoms with Gasteiger partial charge in [0.25, 0.3) is 0 Å². The Kier molecular flexibility index (Phi) is 4.86. The summed E-state index contributed by atoms with van der Waals surface area (Å²) in [6.45, 7) is 3.55. The lowest BCUT2D eigenvalue weighted by molar-refractivity contribution is -0.137. The second-order valence-electron chi connectivity index (χ2n) is 6.52. The molecule has 4 heterocycles. The number of aromatic nitrogens is 3. The van der Waals surface area contributed by atoms with Crippen molar-refractivity contribution in [2.75, 3.05) is 49.2 Å². The summed E-state index contributed by atoms with van der Waals surface area (Å²) in [6, 6.07) is 2.38. The molecule has 2 aromatic rings. The van der Waals surface area contributed by atoms with Crippen molar-refractivity contribution >= 4 is 11.8 Å². The molecule has 0 aliphatic carbocycles. The maximum absolute atomic E-state index is 13.3. The Morgan fingerprint density at radius 1 is 1.04 bits per heavy atom. The zero-order valence-electron chi connectivity index (χ0n) is 14.7. The Bertz CT molecular complexity index is 808. The monoisotopic (exact) mass is 378 g/mol. The Morgan fingerprint density at radius 3 is 2.59 bits per heavy atom. The first kappa shape index (κ1) is 18.0. The molecule has 0 atom stereocenters. The summed E-state index contributed by atoms with van der Waals surface area (Å²) < 4.78 is 45.3. The van der Waals surface area contributed by atoms with Gasteiger partial charge in [-0.15, -0.1) is 0 Å². The van der Waals surface area contributed by atoms with E-state index in [4.69, 9.17) is 4.74 Å². The molecule has 1 fully saturated rings. The number of rotatable bonds is 2. The highest BCUT2D eigenvalue weighted by Crippen LogP contribution is 2.35. The third-order valence-electron chi connectivity index (χ3n) is 4.81. The largest absolute Gasteiger partial charge is 0.419 e. The molecular formula is C18H19F3N5O. The topological polar surface area (TPSA) is 54.4 Å². The lowest BCUT2D eigenvalue weighted by atomic mass is 10.1. The number of ether oxygens (including phenoxy) is 1. The molecule has 0 aromatic carbocycles. The first-order valence-corrected chi connectivity index (χ1v) is 8.90. The summed E-state index contributed by atoms with van der Waals surface area (Å²) in [4.78, 5) is 16.7. The molecule has 0 bridgehead atoms. The molecule has 2 aliphatic heterocycles. The highest BCUT2D eigenvalue weighted by atomic mass is 19.4. The van der Waals surface area contributed by atoms with Crippen LogP contribution < -0.4 is 9.80 Å². The minimum absolute atomic E-state index is 0.0285. The van der Waals surface area contributed by atoms with Gasteiger partial charge < -0.3 is 14.5 Å². The van der Waals surface area contributed by atoms with E-state index < -0.39 is 11.7 Å². The van der Waals surface area contributed by atoms with Crippen molar-refractivity contribution in [1.29, 1.82) is 0 Å². The fraction of sp³-hybridized carbons (Fsp3) is 0.500. The number of morpholine rings is 1. The van der Waals surface area contributed by atoms with E-state index >= 15 is 0 Å². The zero-order valence-corrected chi connectivity index (χ0v) is 14.7. The first-order valence-electron chi connectivity index (χ1n) is 8.90. The summed E-state index contributed by atoms with van der Waals surface area (Å²) in [6.07, 6.45) is 1.07. The number of hydrogen-bond acceptors (Lipinski definition) is 6. The fourth-order valence-electron chi connectivity index (χ4n) is 3.39. The van der Waals surface area contributed by atoms with Gasteiger partial charge in [0.2, 0.25) is 5.95 Å². The summed E-state index contributed by atoms with van der Waals surface area (Å²) in [5.41, 5.74) is 0.998. The van der Waals surface area contributed by atoms with Crippen LogP contribution in [-0.2, 0) is 23.8 Å². The number of pyridine rings is 1. The van der Waals surface area contributed by atoms with Crippen LogP contribution in [0.15, 0.2) is 18.3 Å². The maximum Gasteiger partial charge on any atom is 0.419 e. The maximum atomic E-state index is 13.3. The number of nitrogens with zero attached hydrogens (tertiary/aromatic N) is 5. The number of hydrogen-bond donors (Lipinski definition) is 0. The quantitative estimate of drug-likeness (QED) is 0.798. The molecule has 1 saturated heterocycles. The lowest BCUT2D eigenvalue weighted by Gasteiger charge is -2.27. The lowest BCUT2D eigenvalue weighted by Crippen LogP contribution is -2.37. The second kappa shape index (κ2) is 7.30. The Morgan fingerprint density at radius 2 is 1.81 bits per heavy atom. The molecule has 0 unspecified atom stereocenters. The van der Waals surface area contributed by atoms with Crippen LogP contribution in [0.2, 0.25) is 0 Å². The van der Waals surface area contributed by atoms with E-state index in [2.05, 4.69) is 21.1 Å². The summed E-state index contributed by atoms with van der Waals surface area (Å²) in [5.74, 6) is 0.582. The third-order valence-corrected chi connectivity index (χ3v) is 4.81. The Balaban J connectivity index is 1.55. The predicted octanol–water partition coefficient (Wildman–Crippen LogP) is 2.13. The van der Waals surface area contributed by atoms with Crippen molar-refractivity contribution < 1.29 is 17.9 Å². The van der Waals surface area contributed by atoms with Crippen molar-refractivity contribution in [1.82, 2.24) is 15.0 Å². The van der Waals surface area contributed by atoms with Crippen molar-refractivity contribution in [3.05, 3.63) is 41.3 Å². The molecule has 1 radical (unpaired) electrons. The average molecular weight is 378 g/mol. The van der Waals surface area contributed by atoms with Crippen molar-refractivity contribution in [3.63, 3.8) is 0 Å². The van der Waals surface area contributed by atoms with E-state index in [0.29, 0.717) is 45.1 Å². The number of anilines is 2. The van der Waals surface area contributed by atoms with Crippen LogP contribution in [-0.4, -0.2) is 54.3 Å². The minimum atomic E-state index is -4.43. The molecule has 2 aromatic heterocycles. The van der Waals surface area contributed by atoms with Gasteiger partial charge in [0.1, 0.15) is 5.82 Å². The standard InChI is InChI=1S/C18H19F3N5O/c19-18(20,21)14-2-1-5-22-16(14)25-6-3-13-12-23-17(24-15(13)4-7-25)26-8-10-27-11-9-26/h1-2,5H,3-4,6-11H2. The van der Waals surface area contributed by atoms with Crippen molar-refractivity contribution in [2.45, 2.75) is 19.0 Å². The van der Waals surface area contributed by atoms with Gasteiger partial charge >= 0.3 is 6.18 Å². The van der Waals surface area contributed by atoms with Gasteiger partial charge in [0.15, 0.2) is 0 Å². The van der Waals surface area contributed by atoms with Crippen LogP contribution in [0.3, 0.4) is 0 Å². The molecule has 4 rings (SSSR count). The summed E-state index contributed by atoms with van der Waals surface area (Å²) >= 11 is 0. The first-order chi connectivity index (χ1) is 13.0. The van der Waals surface area contributed by atoms with Crippen molar-refractivity contribution in [2.24, 2.45) is 0 Å². The minimum Gasteiger partial charge on any atom is -0.378 e. The average Bonchev–Trinajstić information content (AvgIpc) is 2.90. The molecule has 0 N–H and O–H groups in total. The summed E-state index contributed by atoms with van der Waals surface area (Å²) in [5, 5.41) is 0. The van der Waals surface area contributed by atoms with E-state index in [-0.39, 0.29) is 5.82 Å². The van der Waals surface area contributed by atoms with Gasteiger partial charge in [-0.25, -0.2) is 15.0 Å². The number of alkyl halides is 3. The number of fused-ring (bicyclic) bond motifs is 1. The van der Waals surface area contributed by atoms with Gasteiger partial charge in [-0.1, -0.05) is 0 Å². The van der Waals surface area contributed by atoms with Gasteiger partial charge in [0, 0.05) is 44.4 Å². The molecule has 6 nitrogen and oxygen atoms in total. The number of halogens is 3. The van der Waals surface area contributed by atoms with Gasteiger partial charge in [-0.2, -0.15) is 13.2 Å². The van der Waals surface area contributed by atoms with Crippen LogP contribution in [0, 0.1) is 6.20 Å². The molecule has 2 aliphatic rings. The normalized spacial score (nSPS) is 18.2.